The lowest BCUT2D eigenvalue weighted by Crippen LogP contribution is -1.95. The zero-order valence-corrected chi connectivity index (χ0v) is 31.1. The number of hydrogen-bond donors (Lipinski definition) is 5. The van der Waals surface area contributed by atoms with Gasteiger partial charge in [-0.2, -0.15) is 0 Å². The minimum absolute atomic E-state index is 0.192. The van der Waals surface area contributed by atoms with Crippen LogP contribution in [-0.2, 0) is 0 Å². The lowest BCUT2D eigenvalue weighted by molar-refractivity contribution is 0.330. The van der Waals surface area contributed by atoms with E-state index in [0.29, 0.717) is 16.3 Å². The minimum atomic E-state index is -1.00. The summed E-state index contributed by atoms with van der Waals surface area (Å²) in [5.74, 6) is -3.08. The van der Waals surface area contributed by atoms with Crippen LogP contribution in [0.1, 0.15) is 30.6 Å². The Morgan fingerprint density at radius 2 is 1.03 bits per heavy atom. The SMILES string of the molecule is CC1CC=Cc2c1oc1c(-c3ccc4oc5ccccc5c4c3-c3cccc(-c4c5ccccc5c(-c5c(O)c(O)c(O)c(O)c5O)c5ccccc45)c3)cccc21. The molecule has 1 unspecified atom stereocenters. The van der Waals surface area contributed by atoms with E-state index in [9.17, 15) is 25.5 Å². The molecule has 0 spiro atoms. The topological polar surface area (TPSA) is 127 Å². The third-order valence-electron chi connectivity index (χ3n) is 11.8. The lowest BCUT2D eigenvalue weighted by atomic mass is 9.84. The fourth-order valence-corrected chi connectivity index (χ4v) is 9.21. The second kappa shape index (κ2) is 12.4. The van der Waals surface area contributed by atoms with E-state index in [0.717, 1.165) is 94.8 Å². The fraction of sp³-hybridized carbons (Fsp3) is 0.0588. The molecule has 11 rings (SSSR count). The van der Waals surface area contributed by atoms with Crippen LogP contribution in [0.3, 0.4) is 0 Å². The molecule has 2 aromatic heterocycles. The molecule has 7 nitrogen and oxygen atoms in total. The lowest BCUT2D eigenvalue weighted by Gasteiger charge is -2.20. The number of furan rings is 2. The predicted octanol–water partition coefficient (Wildman–Crippen LogP) is 13.4. The predicted molar refractivity (Wildman–Crippen MR) is 231 cm³/mol. The average Bonchev–Trinajstić information content (AvgIpc) is 3.84. The van der Waals surface area contributed by atoms with E-state index >= 15 is 0 Å². The highest BCUT2D eigenvalue weighted by Crippen LogP contribution is 2.58. The van der Waals surface area contributed by atoms with Crippen molar-refractivity contribution in [3.05, 3.63) is 145 Å². The highest BCUT2D eigenvalue weighted by atomic mass is 16.4. The summed E-state index contributed by atoms with van der Waals surface area (Å²) in [6, 6.07) is 42.4. The Bertz CT molecular complexity index is 3310. The smallest absolute Gasteiger partial charge is 0.208 e. The van der Waals surface area contributed by atoms with Crippen LogP contribution in [-0.4, -0.2) is 25.5 Å². The number of aromatic hydroxyl groups is 5. The van der Waals surface area contributed by atoms with Crippen molar-refractivity contribution >= 4 is 60.5 Å². The first-order valence-electron chi connectivity index (χ1n) is 19.2. The van der Waals surface area contributed by atoms with Crippen molar-refractivity contribution in [3.8, 4) is 73.3 Å². The van der Waals surface area contributed by atoms with E-state index in [4.69, 9.17) is 8.83 Å². The molecule has 7 heteroatoms. The molecule has 1 aliphatic rings. The van der Waals surface area contributed by atoms with Gasteiger partial charge in [0.05, 0.1) is 5.56 Å². The van der Waals surface area contributed by atoms with Crippen molar-refractivity contribution in [2.75, 3.05) is 0 Å². The number of phenols is 5. The van der Waals surface area contributed by atoms with Crippen molar-refractivity contribution in [1.29, 1.82) is 0 Å². The second-order valence-corrected chi connectivity index (χ2v) is 15.1. The first-order valence-corrected chi connectivity index (χ1v) is 19.2. The van der Waals surface area contributed by atoms with Crippen LogP contribution in [0.25, 0.3) is 105 Å². The highest BCUT2D eigenvalue weighted by Gasteiger charge is 2.29. The molecule has 0 bridgehead atoms. The summed E-state index contributed by atoms with van der Waals surface area (Å²) >= 11 is 0. The Kier molecular flexibility index (Phi) is 7.22. The zero-order valence-electron chi connectivity index (χ0n) is 31.1. The molecule has 10 aromatic rings. The molecular formula is C51H34O7. The van der Waals surface area contributed by atoms with E-state index in [-0.39, 0.29) is 11.5 Å². The first-order chi connectivity index (χ1) is 28.3. The molecule has 8 aromatic carbocycles. The van der Waals surface area contributed by atoms with Crippen molar-refractivity contribution in [2.45, 2.75) is 19.3 Å². The zero-order chi connectivity index (χ0) is 39.4. The largest absolute Gasteiger partial charge is 0.504 e. The summed E-state index contributed by atoms with van der Waals surface area (Å²) in [6.45, 7) is 2.20. The van der Waals surface area contributed by atoms with Crippen molar-refractivity contribution in [2.24, 2.45) is 0 Å². The van der Waals surface area contributed by atoms with Crippen LogP contribution in [0.5, 0.6) is 28.7 Å². The van der Waals surface area contributed by atoms with Gasteiger partial charge in [0.1, 0.15) is 22.5 Å². The summed E-state index contributed by atoms with van der Waals surface area (Å²) in [4.78, 5) is 0. The van der Waals surface area contributed by atoms with Gasteiger partial charge in [0, 0.05) is 44.3 Å². The number of benzene rings is 8. The van der Waals surface area contributed by atoms with Crippen LogP contribution in [0.4, 0.5) is 0 Å². The number of phenolic OH excluding ortho intramolecular Hbond substituents is 5. The fourth-order valence-electron chi connectivity index (χ4n) is 9.21. The number of fused-ring (bicyclic) bond motifs is 8. The summed E-state index contributed by atoms with van der Waals surface area (Å²) in [7, 11) is 0. The molecule has 0 fully saturated rings. The molecule has 0 aliphatic heterocycles. The molecule has 0 amide bonds. The molecule has 1 aliphatic carbocycles. The second-order valence-electron chi connectivity index (χ2n) is 15.1. The van der Waals surface area contributed by atoms with E-state index < -0.39 is 28.7 Å². The van der Waals surface area contributed by atoms with Gasteiger partial charge in [-0.05, 0) is 74.5 Å². The molecule has 0 saturated heterocycles. The van der Waals surface area contributed by atoms with Gasteiger partial charge in [-0.1, -0.05) is 122 Å². The van der Waals surface area contributed by atoms with Gasteiger partial charge >= 0.3 is 0 Å². The summed E-state index contributed by atoms with van der Waals surface area (Å²) in [6.07, 6.45) is 5.33. The van der Waals surface area contributed by atoms with Gasteiger partial charge in [0.25, 0.3) is 0 Å². The third kappa shape index (κ3) is 4.67. The summed E-state index contributed by atoms with van der Waals surface area (Å²) in [5.41, 5.74) is 9.54. The van der Waals surface area contributed by atoms with E-state index in [1.165, 1.54) is 0 Å². The van der Waals surface area contributed by atoms with Gasteiger partial charge in [-0.15, -0.1) is 0 Å². The van der Waals surface area contributed by atoms with Crippen LogP contribution in [0.2, 0.25) is 0 Å². The molecule has 2 heterocycles. The van der Waals surface area contributed by atoms with Gasteiger partial charge in [0.2, 0.25) is 17.2 Å². The Labute approximate surface area is 331 Å². The minimum Gasteiger partial charge on any atom is -0.504 e. The quantitative estimate of drug-likeness (QED) is 0.0687. The van der Waals surface area contributed by atoms with Gasteiger partial charge in [0.15, 0.2) is 11.5 Å². The maximum absolute atomic E-state index is 11.2. The summed E-state index contributed by atoms with van der Waals surface area (Å²) < 4.78 is 13.3. The third-order valence-corrected chi connectivity index (χ3v) is 11.8. The van der Waals surface area contributed by atoms with Crippen molar-refractivity contribution in [3.63, 3.8) is 0 Å². The van der Waals surface area contributed by atoms with Crippen molar-refractivity contribution < 1.29 is 34.4 Å². The number of hydrogen-bond acceptors (Lipinski definition) is 7. The molecule has 58 heavy (non-hydrogen) atoms. The van der Waals surface area contributed by atoms with Crippen molar-refractivity contribution in [1.82, 2.24) is 0 Å². The Morgan fingerprint density at radius 3 is 1.72 bits per heavy atom. The molecule has 280 valence electrons. The monoisotopic (exact) mass is 758 g/mol. The van der Waals surface area contributed by atoms with E-state index in [1.807, 2.05) is 72.8 Å². The normalized spacial score (nSPS) is 14.0. The van der Waals surface area contributed by atoms with E-state index in [1.54, 1.807) is 0 Å². The van der Waals surface area contributed by atoms with Crippen LogP contribution < -0.4 is 0 Å². The van der Waals surface area contributed by atoms with Crippen LogP contribution in [0.15, 0.2) is 142 Å². The number of allylic oxidation sites excluding steroid dienone is 1. The summed E-state index contributed by atoms with van der Waals surface area (Å²) in [5, 5.41) is 59.9. The van der Waals surface area contributed by atoms with Crippen LogP contribution >= 0.6 is 0 Å². The number of rotatable bonds is 4. The Hall–Kier alpha value is -7.64. The molecule has 0 saturated carbocycles. The molecular weight excluding hydrogens is 725 g/mol. The van der Waals surface area contributed by atoms with Gasteiger partial charge in [-0.25, -0.2) is 0 Å². The maximum atomic E-state index is 11.2. The standard InChI is InChI=1S/C51H34O7/c1-26-11-8-19-35-36-21-10-20-34(51(36)58-50(26)35)33-23-24-39-43(37-18-6-7-22-38(37)57-39)41(33)28-13-9-12-27(25-28)40-29-14-2-4-16-31(29)42(32-17-5-3-15-30(32)40)44-45(52)47(54)49(56)48(55)46(44)53/h2-10,12-26,52-56H,11H2,1H3. The molecule has 5 N–H and O–H groups in total. The van der Waals surface area contributed by atoms with Gasteiger partial charge in [-0.3, -0.25) is 0 Å². The Balaban J connectivity index is 1.21. The average molecular weight is 759 g/mol. The molecule has 1 atom stereocenters. The maximum Gasteiger partial charge on any atom is 0.208 e. The Morgan fingerprint density at radius 1 is 0.466 bits per heavy atom. The van der Waals surface area contributed by atoms with Crippen LogP contribution in [0, 0.1) is 0 Å². The molecule has 0 radical (unpaired) electrons. The number of para-hydroxylation sites is 2. The van der Waals surface area contributed by atoms with Gasteiger partial charge < -0.3 is 34.4 Å². The first kappa shape index (κ1) is 33.7. The highest BCUT2D eigenvalue weighted by molar-refractivity contribution is 6.23. The van der Waals surface area contributed by atoms with E-state index in [2.05, 4.69) is 73.7 Å².